The van der Waals surface area contributed by atoms with Crippen LogP contribution < -0.4 is 5.32 Å². The van der Waals surface area contributed by atoms with E-state index in [1.54, 1.807) is 17.4 Å². The third-order valence-electron chi connectivity index (χ3n) is 3.49. The Bertz CT molecular complexity index is 521. The second-order valence-electron chi connectivity index (χ2n) is 4.92. The molecular formula is C13H22N2O2S3. The molecule has 1 aromatic heterocycles. The Labute approximate surface area is 130 Å². The van der Waals surface area contributed by atoms with Gasteiger partial charge in [0.25, 0.3) is 0 Å². The Morgan fingerprint density at radius 1 is 1.50 bits per heavy atom. The van der Waals surface area contributed by atoms with Crippen LogP contribution in [0.4, 0.5) is 0 Å². The minimum Gasteiger partial charge on any atom is -0.312 e. The van der Waals surface area contributed by atoms with Gasteiger partial charge < -0.3 is 5.32 Å². The topological polar surface area (TPSA) is 49.4 Å². The fraction of sp³-hybridized carbons (Fsp3) is 0.692. The van der Waals surface area contributed by atoms with Gasteiger partial charge in [-0.1, -0.05) is 6.92 Å². The van der Waals surface area contributed by atoms with Gasteiger partial charge in [0.15, 0.2) is 0 Å². The van der Waals surface area contributed by atoms with Gasteiger partial charge >= 0.3 is 0 Å². The lowest BCUT2D eigenvalue weighted by atomic mass is 10.3. The van der Waals surface area contributed by atoms with E-state index in [0.717, 1.165) is 35.8 Å². The van der Waals surface area contributed by atoms with E-state index in [2.05, 4.69) is 12.2 Å². The van der Waals surface area contributed by atoms with Crippen LogP contribution in [0.2, 0.25) is 0 Å². The van der Waals surface area contributed by atoms with E-state index >= 15 is 0 Å². The largest absolute Gasteiger partial charge is 0.312 e. The highest BCUT2D eigenvalue weighted by Crippen LogP contribution is 2.29. The first kappa shape index (κ1) is 16.3. The summed E-state index contributed by atoms with van der Waals surface area (Å²) in [4.78, 5) is 1.39. The van der Waals surface area contributed by atoms with Gasteiger partial charge in [-0.3, -0.25) is 0 Å². The maximum Gasteiger partial charge on any atom is 0.244 e. The van der Waals surface area contributed by atoms with Crippen LogP contribution in [-0.2, 0) is 16.6 Å². The van der Waals surface area contributed by atoms with E-state index in [1.807, 2.05) is 17.1 Å². The molecule has 1 aromatic rings. The van der Waals surface area contributed by atoms with Crippen molar-refractivity contribution in [3.05, 3.63) is 16.3 Å². The first-order valence-corrected chi connectivity index (χ1v) is 10.4. The molecule has 0 amide bonds. The van der Waals surface area contributed by atoms with Gasteiger partial charge in [0.2, 0.25) is 10.0 Å². The third kappa shape index (κ3) is 3.57. The summed E-state index contributed by atoms with van der Waals surface area (Å²) in [6.45, 7) is 3.64. The Morgan fingerprint density at radius 2 is 2.30 bits per heavy atom. The summed E-state index contributed by atoms with van der Waals surface area (Å²) in [5.74, 6) is 1.96. The molecule has 1 fully saturated rings. The van der Waals surface area contributed by atoms with E-state index in [0.29, 0.717) is 11.4 Å². The second kappa shape index (κ2) is 7.26. The van der Waals surface area contributed by atoms with Crippen molar-refractivity contribution in [2.45, 2.75) is 37.2 Å². The molecule has 2 heterocycles. The SMILES string of the molecule is CCCNCc1sccc1S(=O)(=O)N(C)C1CCSC1. The second-order valence-corrected chi connectivity index (χ2v) is 9.04. The molecule has 20 heavy (non-hydrogen) atoms. The van der Waals surface area contributed by atoms with E-state index in [4.69, 9.17) is 0 Å². The number of sulfonamides is 1. The van der Waals surface area contributed by atoms with E-state index < -0.39 is 10.0 Å². The monoisotopic (exact) mass is 334 g/mol. The van der Waals surface area contributed by atoms with Crippen LogP contribution >= 0.6 is 23.1 Å². The zero-order valence-corrected chi connectivity index (χ0v) is 14.4. The smallest absolute Gasteiger partial charge is 0.244 e. The summed E-state index contributed by atoms with van der Waals surface area (Å²) < 4.78 is 27.0. The van der Waals surface area contributed by atoms with Crippen molar-refractivity contribution in [2.24, 2.45) is 0 Å². The summed E-state index contributed by atoms with van der Waals surface area (Å²) in [5.41, 5.74) is 0. The highest BCUT2D eigenvalue weighted by atomic mass is 32.2. The number of thiophene rings is 1. The molecule has 0 aliphatic carbocycles. The van der Waals surface area contributed by atoms with Crippen molar-refractivity contribution in [1.29, 1.82) is 0 Å². The van der Waals surface area contributed by atoms with Crippen molar-refractivity contribution in [1.82, 2.24) is 9.62 Å². The van der Waals surface area contributed by atoms with Gasteiger partial charge in [-0.2, -0.15) is 16.1 Å². The van der Waals surface area contributed by atoms with Gasteiger partial charge in [-0.25, -0.2) is 8.42 Å². The Balaban J connectivity index is 2.14. The van der Waals surface area contributed by atoms with Gasteiger partial charge in [0, 0.05) is 30.3 Å². The van der Waals surface area contributed by atoms with Gasteiger partial charge in [-0.05, 0) is 36.6 Å². The van der Waals surface area contributed by atoms with Crippen LogP contribution in [0, 0.1) is 0 Å². The normalized spacial score (nSPS) is 19.9. The maximum absolute atomic E-state index is 12.7. The molecule has 114 valence electrons. The number of nitrogens with one attached hydrogen (secondary N) is 1. The van der Waals surface area contributed by atoms with Crippen molar-refractivity contribution >= 4 is 33.1 Å². The average Bonchev–Trinajstić information content (AvgIpc) is 3.09. The van der Waals surface area contributed by atoms with Gasteiger partial charge in [-0.15, -0.1) is 11.3 Å². The Kier molecular flexibility index (Phi) is 5.92. The van der Waals surface area contributed by atoms with Crippen LogP contribution in [0.3, 0.4) is 0 Å². The zero-order chi connectivity index (χ0) is 14.6. The minimum atomic E-state index is -3.36. The molecule has 0 spiro atoms. The molecule has 0 bridgehead atoms. The van der Waals surface area contributed by atoms with E-state index in [-0.39, 0.29) is 6.04 Å². The number of hydrogen-bond donors (Lipinski definition) is 1. The predicted molar refractivity (Wildman–Crippen MR) is 87.0 cm³/mol. The standard InChI is InChI=1S/C13H22N2O2S3/c1-3-6-14-9-12-13(5-8-19-12)20(16,17)15(2)11-4-7-18-10-11/h5,8,11,14H,3-4,6-7,9-10H2,1-2H3. The fourth-order valence-corrected chi connectivity index (χ4v) is 6.36. The molecule has 0 saturated carbocycles. The van der Waals surface area contributed by atoms with Crippen molar-refractivity contribution in [2.75, 3.05) is 25.1 Å². The maximum atomic E-state index is 12.7. The van der Waals surface area contributed by atoms with E-state index in [9.17, 15) is 8.42 Å². The first-order chi connectivity index (χ1) is 9.57. The lowest BCUT2D eigenvalue weighted by Crippen LogP contribution is -2.37. The van der Waals surface area contributed by atoms with Crippen molar-refractivity contribution < 1.29 is 8.42 Å². The highest BCUT2D eigenvalue weighted by molar-refractivity contribution is 7.99. The summed E-state index contributed by atoms with van der Waals surface area (Å²) in [5, 5.41) is 5.15. The van der Waals surface area contributed by atoms with Gasteiger partial charge in [0.1, 0.15) is 0 Å². The highest BCUT2D eigenvalue weighted by Gasteiger charge is 2.32. The molecule has 1 aliphatic rings. The fourth-order valence-electron chi connectivity index (χ4n) is 2.23. The van der Waals surface area contributed by atoms with Crippen LogP contribution in [0.25, 0.3) is 0 Å². The first-order valence-electron chi connectivity index (χ1n) is 6.90. The van der Waals surface area contributed by atoms with Crippen molar-refractivity contribution in [3.8, 4) is 0 Å². The number of rotatable bonds is 7. The van der Waals surface area contributed by atoms with E-state index in [1.165, 1.54) is 11.3 Å². The van der Waals surface area contributed by atoms with Crippen LogP contribution in [0.15, 0.2) is 16.3 Å². The van der Waals surface area contributed by atoms with Crippen LogP contribution in [0.5, 0.6) is 0 Å². The molecular weight excluding hydrogens is 312 g/mol. The molecule has 1 N–H and O–H groups in total. The molecule has 0 radical (unpaired) electrons. The lowest BCUT2D eigenvalue weighted by Gasteiger charge is -2.23. The van der Waals surface area contributed by atoms with Gasteiger partial charge in [0.05, 0.1) is 4.90 Å². The lowest BCUT2D eigenvalue weighted by molar-refractivity contribution is 0.394. The van der Waals surface area contributed by atoms with Crippen LogP contribution in [0.1, 0.15) is 24.6 Å². The molecule has 4 nitrogen and oxygen atoms in total. The van der Waals surface area contributed by atoms with Crippen molar-refractivity contribution in [3.63, 3.8) is 0 Å². The number of nitrogens with zero attached hydrogens (tertiary/aromatic N) is 1. The molecule has 1 aliphatic heterocycles. The Hall–Kier alpha value is -0.0800. The summed E-state index contributed by atoms with van der Waals surface area (Å²) in [7, 11) is -1.64. The molecule has 7 heteroatoms. The Morgan fingerprint density at radius 3 is 2.95 bits per heavy atom. The average molecular weight is 335 g/mol. The molecule has 1 atom stereocenters. The summed E-state index contributed by atoms with van der Waals surface area (Å²) in [6.07, 6.45) is 2.00. The molecule has 1 saturated heterocycles. The molecule has 0 aromatic carbocycles. The predicted octanol–water partition coefficient (Wildman–Crippen LogP) is 2.37. The summed E-state index contributed by atoms with van der Waals surface area (Å²) in [6, 6.07) is 1.88. The number of hydrogen-bond acceptors (Lipinski definition) is 5. The minimum absolute atomic E-state index is 0.140. The summed E-state index contributed by atoms with van der Waals surface area (Å²) >= 11 is 3.34. The molecule has 2 rings (SSSR count). The zero-order valence-electron chi connectivity index (χ0n) is 12.0. The van der Waals surface area contributed by atoms with Crippen LogP contribution in [-0.4, -0.2) is 43.9 Å². The number of thioether (sulfide) groups is 1. The third-order valence-corrected chi connectivity index (χ3v) is 7.68. The quantitative estimate of drug-likeness (QED) is 0.778. The molecule has 1 unspecified atom stereocenters.